The van der Waals surface area contributed by atoms with Gasteiger partial charge >= 0.3 is 12.2 Å². The molecule has 2 aromatic heterocycles. The topological polar surface area (TPSA) is 175 Å². The number of fused-ring (bicyclic) bond motifs is 6. The highest BCUT2D eigenvalue weighted by Gasteiger charge is 2.51. The molecule has 4 aromatic rings. The number of methoxy groups -OCH3 is 2. The number of likely N-dealkylation sites (tertiary alicyclic amines) is 2. The van der Waals surface area contributed by atoms with Crippen molar-refractivity contribution in [1.29, 1.82) is 0 Å². The van der Waals surface area contributed by atoms with Gasteiger partial charge in [0.25, 0.3) is 11.8 Å². The normalized spacial score (nSPS) is 23.0. The van der Waals surface area contributed by atoms with E-state index < -0.39 is 92.4 Å². The molecule has 9 rings (SSSR count). The number of hydrogen-bond acceptors (Lipinski definition) is 8. The molecule has 0 spiro atoms. The minimum Gasteiger partial charge on any atom is -0.453 e. The maximum Gasteiger partial charge on any atom is 0.407 e. The molecular formula is C51H64F4N8O6. The maximum absolute atomic E-state index is 15.2. The first-order valence-electron chi connectivity index (χ1n) is 24.4. The van der Waals surface area contributed by atoms with Gasteiger partial charge in [0.2, 0.25) is 11.8 Å². The van der Waals surface area contributed by atoms with Crippen LogP contribution in [0.2, 0.25) is 0 Å². The summed E-state index contributed by atoms with van der Waals surface area (Å²) in [5.74, 6) is -6.53. The monoisotopic (exact) mass is 960 g/mol. The molecule has 2 aliphatic heterocycles. The Morgan fingerprint density at radius 2 is 1.28 bits per heavy atom. The summed E-state index contributed by atoms with van der Waals surface area (Å²) in [5.41, 5.74) is 10.6. The number of aromatic nitrogens is 4. The van der Waals surface area contributed by atoms with Gasteiger partial charge in [-0.3, -0.25) is 9.59 Å². The predicted octanol–water partition coefficient (Wildman–Crippen LogP) is 10.3. The first-order valence-corrected chi connectivity index (χ1v) is 24.4. The highest BCUT2D eigenvalue weighted by molar-refractivity contribution is 5.87. The summed E-state index contributed by atoms with van der Waals surface area (Å²) in [6, 6.07) is 5.39. The third-order valence-electron chi connectivity index (χ3n) is 14.5. The van der Waals surface area contributed by atoms with E-state index in [1.54, 1.807) is 26.2 Å². The molecule has 1 saturated carbocycles. The summed E-state index contributed by atoms with van der Waals surface area (Å²) in [7, 11) is 2.33. The molecule has 3 aliphatic carbocycles. The molecule has 4 amide bonds. The fourth-order valence-corrected chi connectivity index (χ4v) is 11.6. The van der Waals surface area contributed by atoms with E-state index in [4.69, 9.17) is 4.74 Å². The average molecular weight is 961 g/mol. The van der Waals surface area contributed by atoms with Crippen LogP contribution >= 0.6 is 0 Å². The first-order chi connectivity index (χ1) is 32.9. The number of amides is 4. The van der Waals surface area contributed by atoms with E-state index in [-0.39, 0.29) is 11.6 Å². The molecule has 5 aliphatic rings. The summed E-state index contributed by atoms with van der Waals surface area (Å²) >= 11 is 0. The number of aromatic amines is 2. The molecule has 4 N–H and O–H groups in total. The van der Waals surface area contributed by atoms with E-state index in [0.29, 0.717) is 29.1 Å². The van der Waals surface area contributed by atoms with Crippen LogP contribution in [0.1, 0.15) is 156 Å². The Hall–Kier alpha value is -5.94. The van der Waals surface area contributed by atoms with Crippen LogP contribution < -0.4 is 10.6 Å². The number of nitrogens with zero attached hydrogens (tertiary/aromatic N) is 4. The molecule has 0 radical (unpaired) electrons. The second-order valence-corrected chi connectivity index (χ2v) is 19.7. The summed E-state index contributed by atoms with van der Waals surface area (Å²) in [6.45, 7) is 7.81. The molecule has 5 unspecified atom stereocenters. The van der Waals surface area contributed by atoms with Crippen LogP contribution in [-0.2, 0) is 25.5 Å². The molecule has 2 saturated heterocycles. The molecule has 2 aromatic carbocycles. The van der Waals surface area contributed by atoms with E-state index in [2.05, 4.69) is 80.3 Å². The van der Waals surface area contributed by atoms with Crippen LogP contribution in [0, 0.1) is 5.92 Å². The number of alkyl halides is 4. The Morgan fingerprint density at radius 1 is 0.754 bits per heavy atom. The van der Waals surface area contributed by atoms with Crippen molar-refractivity contribution in [1.82, 2.24) is 40.4 Å². The van der Waals surface area contributed by atoms with Crippen molar-refractivity contribution in [3.05, 3.63) is 70.6 Å². The standard InChI is InChI=1S/C48H56F4N8O6.C3H8/c1-6-7-25-10-11-29-28(33-19-53-43(56-33)36-18-48(51,52)23-60(36)44(62)41(24(2)3)58-46(64)66-5)12-13-30(38(25)29)31-14-15-32(40-27-9-8-26(16-27)39(31)40)34-20-54-42(57-34)35-17-47(49,50)22-59(35)37(61)21-55-45(63)65-4;1-3-2/h12-15,19-20,24-27,35-36,41H,6-11,16-18,21-23H2,1-5H3,(H,53,56)(H,54,57)(H,55,63)(H,58,64);3H2,1-2H3/t25?,26?,27?,35?,36-,41?;/m0./s1. The second kappa shape index (κ2) is 19.8. The number of halogens is 4. The lowest BCUT2D eigenvalue weighted by molar-refractivity contribution is -0.136. The lowest BCUT2D eigenvalue weighted by Gasteiger charge is -2.29. The third kappa shape index (κ3) is 9.68. The number of carbonyl (C=O) groups excluding carboxylic acids is 4. The summed E-state index contributed by atoms with van der Waals surface area (Å²) in [4.78, 5) is 68.7. The predicted molar refractivity (Wildman–Crippen MR) is 251 cm³/mol. The second-order valence-electron chi connectivity index (χ2n) is 19.7. The Labute approximate surface area is 400 Å². The van der Waals surface area contributed by atoms with E-state index in [9.17, 15) is 28.0 Å². The molecule has 6 atom stereocenters. The van der Waals surface area contributed by atoms with Crippen molar-refractivity contribution >= 4 is 24.0 Å². The van der Waals surface area contributed by atoms with Crippen molar-refractivity contribution in [3.8, 4) is 33.6 Å². The van der Waals surface area contributed by atoms with Crippen molar-refractivity contribution in [2.75, 3.05) is 33.9 Å². The molecule has 372 valence electrons. The fraction of sp³-hybridized carbons (Fsp3) is 0.569. The first kappa shape index (κ1) is 49.5. The highest BCUT2D eigenvalue weighted by Crippen LogP contribution is 2.59. The van der Waals surface area contributed by atoms with Crippen molar-refractivity contribution in [2.45, 2.75) is 147 Å². The Balaban J connectivity index is 0.00000209. The highest BCUT2D eigenvalue weighted by atomic mass is 19.3. The number of carbonyl (C=O) groups is 4. The van der Waals surface area contributed by atoms with Crippen molar-refractivity contribution in [3.63, 3.8) is 0 Å². The van der Waals surface area contributed by atoms with Crippen LogP contribution in [0.4, 0.5) is 27.2 Å². The van der Waals surface area contributed by atoms with Gasteiger partial charge in [0.15, 0.2) is 0 Å². The van der Waals surface area contributed by atoms with Gasteiger partial charge in [-0.1, -0.05) is 71.7 Å². The summed E-state index contributed by atoms with van der Waals surface area (Å²) < 4.78 is 69.4. The van der Waals surface area contributed by atoms with E-state index in [1.807, 2.05) is 0 Å². The maximum atomic E-state index is 15.2. The van der Waals surface area contributed by atoms with Gasteiger partial charge in [-0.05, 0) is 95.6 Å². The molecule has 69 heavy (non-hydrogen) atoms. The van der Waals surface area contributed by atoms with Crippen molar-refractivity contribution in [2.24, 2.45) is 5.92 Å². The van der Waals surface area contributed by atoms with Crippen LogP contribution in [0.15, 0.2) is 36.7 Å². The Morgan fingerprint density at radius 3 is 1.86 bits per heavy atom. The minimum absolute atomic E-state index is 0.250. The van der Waals surface area contributed by atoms with E-state index >= 15 is 8.78 Å². The molecule has 18 heteroatoms. The minimum atomic E-state index is -3.16. The molecule has 2 bridgehead atoms. The average Bonchev–Trinajstić information content (AvgIpc) is 4.19. The number of rotatable bonds is 12. The molecule has 14 nitrogen and oxygen atoms in total. The van der Waals surface area contributed by atoms with Crippen molar-refractivity contribution < 1.29 is 46.2 Å². The Bertz CT molecular complexity index is 2580. The molecular weight excluding hydrogens is 897 g/mol. The molecule has 4 heterocycles. The number of alkyl carbamates (subject to hydrolysis) is 2. The van der Waals surface area contributed by atoms with Gasteiger partial charge in [0.1, 0.15) is 24.2 Å². The van der Waals surface area contributed by atoms with Gasteiger partial charge in [0, 0.05) is 24.0 Å². The third-order valence-corrected chi connectivity index (χ3v) is 14.5. The largest absolute Gasteiger partial charge is 0.453 e. The lowest BCUT2D eigenvalue weighted by atomic mass is 9.79. The molecule has 3 fully saturated rings. The number of H-pyrrole nitrogens is 2. The summed E-state index contributed by atoms with van der Waals surface area (Å²) in [5, 5.41) is 4.81. The zero-order valence-corrected chi connectivity index (χ0v) is 40.4. The lowest BCUT2D eigenvalue weighted by Crippen LogP contribution is -2.51. The smallest absolute Gasteiger partial charge is 0.407 e. The van der Waals surface area contributed by atoms with Gasteiger partial charge in [-0.25, -0.2) is 37.1 Å². The van der Waals surface area contributed by atoms with Gasteiger partial charge in [0.05, 0.1) is 63.2 Å². The Kier molecular flexibility index (Phi) is 14.2. The number of nitrogens with one attached hydrogen (secondary N) is 4. The van der Waals surface area contributed by atoms with Crippen LogP contribution in [0.25, 0.3) is 33.6 Å². The van der Waals surface area contributed by atoms with Crippen LogP contribution in [-0.4, -0.2) is 105 Å². The van der Waals surface area contributed by atoms with Gasteiger partial charge in [-0.2, -0.15) is 0 Å². The van der Waals surface area contributed by atoms with Gasteiger partial charge < -0.3 is 39.9 Å². The zero-order chi connectivity index (χ0) is 49.5. The zero-order valence-electron chi connectivity index (χ0n) is 40.4. The number of ether oxygens (including phenoxy) is 2. The number of benzene rings is 2. The van der Waals surface area contributed by atoms with Crippen LogP contribution in [0.5, 0.6) is 0 Å². The summed E-state index contributed by atoms with van der Waals surface area (Å²) in [6.07, 6.45) is 8.56. The van der Waals surface area contributed by atoms with Gasteiger partial charge in [-0.15, -0.1) is 0 Å². The fourth-order valence-electron chi connectivity index (χ4n) is 11.6. The van der Waals surface area contributed by atoms with E-state index in [1.165, 1.54) is 41.3 Å². The SMILES string of the molecule is CCC.CCCC1CCc2c(-c3cnc([C@@H]4CC(F)(F)CN4C(=O)C(NC(=O)OC)C(C)C)[nH]3)ccc(-c3ccc(-c4cnc(C5CC(F)(F)CN5C(=O)CNC(=O)OC)[nH]4)c4c3C3CCC4C3)c21. The van der Waals surface area contributed by atoms with Crippen LogP contribution in [0.3, 0.4) is 0 Å². The number of hydrogen-bond donors (Lipinski definition) is 4. The van der Waals surface area contributed by atoms with E-state index in [0.717, 1.165) is 78.5 Å². The number of imidazole rings is 2. The quantitative estimate of drug-likeness (QED) is 0.102.